The summed E-state index contributed by atoms with van der Waals surface area (Å²) in [6.45, 7) is 7.68. The maximum atomic E-state index is 5.73. The Kier molecular flexibility index (Phi) is 6.75. The van der Waals surface area contributed by atoms with Crippen LogP contribution in [0.15, 0.2) is 35.2 Å². The van der Waals surface area contributed by atoms with Crippen LogP contribution in [0.5, 0.6) is 0 Å². The summed E-state index contributed by atoms with van der Waals surface area (Å²) in [5.74, 6) is 1.91. The lowest BCUT2D eigenvalue weighted by atomic mass is 10.0. The van der Waals surface area contributed by atoms with Crippen molar-refractivity contribution in [3.8, 4) is 0 Å². The van der Waals surface area contributed by atoms with E-state index >= 15 is 0 Å². The van der Waals surface area contributed by atoms with Crippen LogP contribution in [-0.4, -0.2) is 43.5 Å². The molecule has 0 N–H and O–H groups in total. The molecular formula is C16H25NOS. The summed E-state index contributed by atoms with van der Waals surface area (Å²) < 4.78 is 5.73. The number of likely N-dealkylation sites (tertiary alicyclic amines) is 1. The zero-order valence-electron chi connectivity index (χ0n) is 11.9. The molecule has 0 saturated carbocycles. The van der Waals surface area contributed by atoms with Gasteiger partial charge in [0, 0.05) is 23.7 Å². The molecule has 1 atom stereocenters. The fraction of sp³-hybridized carbons (Fsp3) is 0.625. The Morgan fingerprint density at radius 1 is 1.26 bits per heavy atom. The van der Waals surface area contributed by atoms with E-state index in [0.717, 1.165) is 31.4 Å². The average Bonchev–Trinajstić information content (AvgIpc) is 2.44. The highest BCUT2D eigenvalue weighted by Gasteiger charge is 2.15. The monoisotopic (exact) mass is 279 g/mol. The van der Waals surface area contributed by atoms with Crippen molar-refractivity contribution in [3.05, 3.63) is 30.3 Å². The second-order valence-electron chi connectivity index (χ2n) is 5.32. The topological polar surface area (TPSA) is 12.5 Å². The lowest BCUT2D eigenvalue weighted by Crippen LogP contribution is -2.36. The van der Waals surface area contributed by atoms with Crippen molar-refractivity contribution in [1.29, 1.82) is 0 Å². The fourth-order valence-electron chi connectivity index (χ4n) is 2.52. The Labute approximate surface area is 121 Å². The molecule has 1 aliphatic heterocycles. The maximum absolute atomic E-state index is 5.73. The number of ether oxygens (including phenoxy) is 1. The van der Waals surface area contributed by atoms with Gasteiger partial charge < -0.3 is 9.64 Å². The molecule has 1 fully saturated rings. The molecule has 1 saturated heterocycles. The van der Waals surface area contributed by atoms with Gasteiger partial charge in [-0.25, -0.2) is 0 Å². The third kappa shape index (κ3) is 5.98. The van der Waals surface area contributed by atoms with Gasteiger partial charge in [0.15, 0.2) is 0 Å². The van der Waals surface area contributed by atoms with E-state index in [1.165, 1.54) is 30.8 Å². The predicted molar refractivity (Wildman–Crippen MR) is 82.8 cm³/mol. The summed E-state index contributed by atoms with van der Waals surface area (Å²) in [5.41, 5.74) is 0. The lowest BCUT2D eigenvalue weighted by Gasteiger charge is -2.30. The molecule has 3 heteroatoms. The fourth-order valence-corrected chi connectivity index (χ4v) is 3.31. The lowest BCUT2D eigenvalue weighted by molar-refractivity contribution is 0.0958. The van der Waals surface area contributed by atoms with Crippen LogP contribution in [0.4, 0.5) is 0 Å². The molecule has 0 unspecified atom stereocenters. The van der Waals surface area contributed by atoms with Crippen molar-refractivity contribution >= 4 is 11.8 Å². The standard InChI is InChI=1S/C16H25NOS/c1-15-6-5-9-17(14-15)10-11-18-12-13-19-16-7-3-2-4-8-16/h2-4,7-8,15H,5-6,9-14H2,1H3/t15-/m0/s1. The van der Waals surface area contributed by atoms with E-state index in [4.69, 9.17) is 4.74 Å². The highest BCUT2D eigenvalue weighted by Crippen LogP contribution is 2.16. The van der Waals surface area contributed by atoms with Crippen molar-refractivity contribution in [3.63, 3.8) is 0 Å². The quantitative estimate of drug-likeness (QED) is 0.559. The molecule has 0 amide bonds. The van der Waals surface area contributed by atoms with Crippen molar-refractivity contribution in [1.82, 2.24) is 4.90 Å². The molecule has 0 spiro atoms. The summed E-state index contributed by atoms with van der Waals surface area (Å²) in [5, 5.41) is 0. The number of thioether (sulfide) groups is 1. The van der Waals surface area contributed by atoms with Gasteiger partial charge in [-0.2, -0.15) is 0 Å². The first kappa shape index (κ1) is 14.9. The molecule has 0 aromatic heterocycles. The number of rotatable bonds is 7. The highest BCUT2D eigenvalue weighted by atomic mass is 32.2. The Bertz CT molecular complexity index is 344. The van der Waals surface area contributed by atoms with Gasteiger partial charge in [-0.3, -0.25) is 0 Å². The minimum atomic E-state index is 0.850. The second kappa shape index (κ2) is 8.62. The van der Waals surface area contributed by atoms with E-state index in [9.17, 15) is 0 Å². The SMILES string of the molecule is C[C@H]1CCCN(CCOCCSc2ccccc2)C1. The Hall–Kier alpha value is -0.510. The number of benzene rings is 1. The summed E-state index contributed by atoms with van der Waals surface area (Å²) in [7, 11) is 0. The van der Waals surface area contributed by atoms with E-state index < -0.39 is 0 Å². The smallest absolute Gasteiger partial charge is 0.0593 e. The zero-order valence-corrected chi connectivity index (χ0v) is 12.7. The van der Waals surface area contributed by atoms with E-state index in [1.54, 1.807) is 0 Å². The molecule has 1 aliphatic rings. The number of hydrogen-bond acceptors (Lipinski definition) is 3. The molecule has 19 heavy (non-hydrogen) atoms. The minimum Gasteiger partial charge on any atom is -0.379 e. The molecule has 2 rings (SSSR count). The normalized spacial score (nSPS) is 20.6. The summed E-state index contributed by atoms with van der Waals surface area (Å²) in [6.07, 6.45) is 2.75. The van der Waals surface area contributed by atoms with Crippen LogP contribution in [0.25, 0.3) is 0 Å². The van der Waals surface area contributed by atoms with Gasteiger partial charge in [-0.1, -0.05) is 25.1 Å². The van der Waals surface area contributed by atoms with Crippen LogP contribution in [0.3, 0.4) is 0 Å². The first-order chi connectivity index (χ1) is 9.34. The average molecular weight is 279 g/mol. The van der Waals surface area contributed by atoms with Crippen molar-refractivity contribution in [2.75, 3.05) is 38.6 Å². The first-order valence-electron chi connectivity index (χ1n) is 7.32. The zero-order chi connectivity index (χ0) is 13.3. The number of nitrogens with zero attached hydrogens (tertiary/aromatic N) is 1. The van der Waals surface area contributed by atoms with Crippen molar-refractivity contribution in [2.45, 2.75) is 24.7 Å². The molecule has 0 bridgehead atoms. The third-order valence-electron chi connectivity index (χ3n) is 3.53. The molecule has 2 nitrogen and oxygen atoms in total. The van der Waals surface area contributed by atoms with E-state index in [2.05, 4.69) is 42.2 Å². The van der Waals surface area contributed by atoms with Gasteiger partial charge in [0.2, 0.25) is 0 Å². The van der Waals surface area contributed by atoms with Gasteiger partial charge in [-0.15, -0.1) is 11.8 Å². The van der Waals surface area contributed by atoms with Crippen LogP contribution in [-0.2, 0) is 4.74 Å². The summed E-state index contributed by atoms with van der Waals surface area (Å²) >= 11 is 1.87. The largest absolute Gasteiger partial charge is 0.379 e. The number of hydrogen-bond donors (Lipinski definition) is 0. The van der Waals surface area contributed by atoms with Gasteiger partial charge >= 0.3 is 0 Å². The summed E-state index contributed by atoms with van der Waals surface area (Å²) in [4.78, 5) is 3.87. The van der Waals surface area contributed by atoms with Crippen LogP contribution in [0.1, 0.15) is 19.8 Å². The van der Waals surface area contributed by atoms with Crippen LogP contribution in [0, 0.1) is 5.92 Å². The minimum absolute atomic E-state index is 0.850. The second-order valence-corrected chi connectivity index (χ2v) is 6.49. The molecule has 106 valence electrons. The van der Waals surface area contributed by atoms with Crippen LogP contribution >= 0.6 is 11.8 Å². The predicted octanol–water partition coefficient (Wildman–Crippen LogP) is 3.53. The Morgan fingerprint density at radius 2 is 2.11 bits per heavy atom. The molecule has 0 aliphatic carbocycles. The molecule has 1 aromatic rings. The van der Waals surface area contributed by atoms with Gasteiger partial charge in [0.25, 0.3) is 0 Å². The Balaban J connectivity index is 1.48. The number of piperidine rings is 1. The maximum Gasteiger partial charge on any atom is 0.0593 e. The molecule has 1 aromatic carbocycles. The van der Waals surface area contributed by atoms with Gasteiger partial charge in [-0.05, 0) is 37.4 Å². The van der Waals surface area contributed by atoms with Crippen LogP contribution < -0.4 is 0 Å². The van der Waals surface area contributed by atoms with Crippen molar-refractivity contribution < 1.29 is 4.74 Å². The van der Waals surface area contributed by atoms with E-state index in [0.29, 0.717) is 0 Å². The Morgan fingerprint density at radius 3 is 2.89 bits per heavy atom. The van der Waals surface area contributed by atoms with E-state index in [1.807, 2.05) is 11.8 Å². The summed E-state index contributed by atoms with van der Waals surface area (Å²) in [6, 6.07) is 10.5. The third-order valence-corrected chi connectivity index (χ3v) is 4.51. The van der Waals surface area contributed by atoms with Gasteiger partial charge in [0.05, 0.1) is 13.2 Å². The molecular weight excluding hydrogens is 254 g/mol. The molecule has 0 radical (unpaired) electrons. The molecule has 1 heterocycles. The van der Waals surface area contributed by atoms with Gasteiger partial charge in [0.1, 0.15) is 0 Å². The van der Waals surface area contributed by atoms with Crippen LogP contribution in [0.2, 0.25) is 0 Å². The first-order valence-corrected chi connectivity index (χ1v) is 8.31. The highest BCUT2D eigenvalue weighted by molar-refractivity contribution is 7.99. The van der Waals surface area contributed by atoms with Crippen molar-refractivity contribution in [2.24, 2.45) is 5.92 Å². The van der Waals surface area contributed by atoms with E-state index in [-0.39, 0.29) is 0 Å².